The minimum absolute atomic E-state index is 0.337. The Kier molecular flexibility index (Phi) is 2.74. The first-order chi connectivity index (χ1) is 5.65. The van der Waals surface area contributed by atoms with Gasteiger partial charge in [0.15, 0.2) is 17.4 Å². The Morgan fingerprint density at radius 3 is 2.67 bits per heavy atom. The first kappa shape index (κ1) is 9.10. The largest absolute Gasteiger partial charge is 0.294 e. The molecule has 0 saturated heterocycles. The van der Waals surface area contributed by atoms with Gasteiger partial charge in [0.05, 0.1) is 0 Å². The SMILES string of the molecule is CCCC1C=C(F)C(F)=CC1=O. The smallest absolute Gasteiger partial charge is 0.165 e. The van der Waals surface area contributed by atoms with Gasteiger partial charge >= 0.3 is 0 Å². The van der Waals surface area contributed by atoms with Crippen molar-refractivity contribution in [3.05, 3.63) is 23.8 Å². The lowest BCUT2D eigenvalue weighted by Gasteiger charge is -2.11. The maximum atomic E-state index is 12.6. The predicted molar refractivity (Wildman–Crippen MR) is 41.8 cm³/mol. The van der Waals surface area contributed by atoms with Crippen LogP contribution in [0, 0.1) is 5.92 Å². The second kappa shape index (κ2) is 3.61. The van der Waals surface area contributed by atoms with Gasteiger partial charge in [-0.3, -0.25) is 4.79 Å². The van der Waals surface area contributed by atoms with E-state index in [0.29, 0.717) is 6.42 Å². The van der Waals surface area contributed by atoms with Crippen molar-refractivity contribution in [2.45, 2.75) is 19.8 Å². The molecule has 0 aromatic carbocycles. The molecule has 0 spiro atoms. The van der Waals surface area contributed by atoms with Gasteiger partial charge < -0.3 is 0 Å². The molecule has 0 aliphatic heterocycles. The van der Waals surface area contributed by atoms with E-state index in [4.69, 9.17) is 0 Å². The molecule has 0 saturated carbocycles. The number of rotatable bonds is 2. The minimum Gasteiger partial charge on any atom is -0.294 e. The second-order valence-corrected chi connectivity index (χ2v) is 2.80. The highest BCUT2D eigenvalue weighted by Crippen LogP contribution is 2.24. The summed E-state index contributed by atoms with van der Waals surface area (Å²) in [5, 5.41) is 0. The van der Waals surface area contributed by atoms with Crippen molar-refractivity contribution in [1.82, 2.24) is 0 Å². The Bertz CT molecular complexity index is 253. The molecule has 3 heteroatoms. The number of hydrogen-bond acceptors (Lipinski definition) is 1. The zero-order chi connectivity index (χ0) is 9.14. The molecule has 0 aromatic rings. The Morgan fingerprint density at radius 2 is 2.08 bits per heavy atom. The molecule has 0 amide bonds. The first-order valence-corrected chi connectivity index (χ1v) is 3.94. The normalized spacial score (nSPS) is 23.6. The van der Waals surface area contributed by atoms with Crippen LogP contribution in [0.1, 0.15) is 19.8 Å². The Hall–Kier alpha value is -0.990. The van der Waals surface area contributed by atoms with Gasteiger partial charge in [-0.05, 0) is 12.5 Å². The summed E-state index contributed by atoms with van der Waals surface area (Å²) in [6.07, 6.45) is 3.16. The van der Waals surface area contributed by atoms with Gasteiger partial charge in [0.2, 0.25) is 0 Å². The van der Waals surface area contributed by atoms with E-state index in [1.54, 1.807) is 0 Å². The van der Waals surface area contributed by atoms with Crippen molar-refractivity contribution in [3.63, 3.8) is 0 Å². The third kappa shape index (κ3) is 1.78. The number of hydrogen-bond donors (Lipinski definition) is 0. The van der Waals surface area contributed by atoms with Gasteiger partial charge in [0, 0.05) is 12.0 Å². The molecular formula is C9H10F2O. The molecule has 1 rings (SSSR count). The van der Waals surface area contributed by atoms with E-state index in [2.05, 4.69) is 0 Å². The summed E-state index contributed by atoms with van der Waals surface area (Å²) in [4.78, 5) is 11.0. The number of allylic oxidation sites excluding steroid dienone is 4. The molecule has 1 atom stereocenters. The Balaban J connectivity index is 2.77. The number of halogens is 2. The molecule has 1 unspecified atom stereocenters. The summed E-state index contributed by atoms with van der Waals surface area (Å²) in [5.41, 5.74) is 0. The van der Waals surface area contributed by atoms with Crippen LogP contribution in [-0.4, -0.2) is 5.78 Å². The fourth-order valence-corrected chi connectivity index (χ4v) is 1.18. The van der Waals surface area contributed by atoms with Crippen LogP contribution in [0.4, 0.5) is 8.78 Å². The number of carbonyl (C=O) groups excluding carboxylic acids is 1. The molecule has 0 bridgehead atoms. The molecule has 66 valence electrons. The molecule has 0 heterocycles. The van der Waals surface area contributed by atoms with Gasteiger partial charge in [-0.2, -0.15) is 0 Å². The summed E-state index contributed by atoms with van der Waals surface area (Å²) < 4.78 is 25.0. The van der Waals surface area contributed by atoms with Crippen LogP contribution >= 0.6 is 0 Å². The highest BCUT2D eigenvalue weighted by molar-refractivity contribution is 5.95. The van der Waals surface area contributed by atoms with Crippen LogP contribution in [0.25, 0.3) is 0 Å². The van der Waals surface area contributed by atoms with Crippen molar-refractivity contribution < 1.29 is 13.6 Å². The molecule has 12 heavy (non-hydrogen) atoms. The van der Waals surface area contributed by atoms with Crippen molar-refractivity contribution in [2.24, 2.45) is 5.92 Å². The molecule has 0 radical (unpaired) electrons. The Labute approximate surface area is 69.8 Å². The molecule has 0 N–H and O–H groups in total. The highest BCUT2D eigenvalue weighted by atomic mass is 19.2. The van der Waals surface area contributed by atoms with Crippen LogP contribution in [0.2, 0.25) is 0 Å². The van der Waals surface area contributed by atoms with Gasteiger partial charge in [-0.15, -0.1) is 0 Å². The van der Waals surface area contributed by atoms with Crippen LogP contribution in [0.15, 0.2) is 23.8 Å². The highest BCUT2D eigenvalue weighted by Gasteiger charge is 2.21. The molecule has 1 aliphatic rings. The maximum Gasteiger partial charge on any atom is 0.165 e. The quantitative estimate of drug-likeness (QED) is 0.625. The monoisotopic (exact) mass is 172 g/mol. The molecule has 0 fully saturated rings. The van der Waals surface area contributed by atoms with Crippen molar-refractivity contribution in [3.8, 4) is 0 Å². The zero-order valence-electron chi connectivity index (χ0n) is 6.81. The third-order valence-electron chi connectivity index (χ3n) is 1.81. The fraction of sp³-hybridized carbons (Fsp3) is 0.444. The summed E-state index contributed by atoms with van der Waals surface area (Å²) in [5.74, 6) is -2.76. The lowest BCUT2D eigenvalue weighted by Crippen LogP contribution is -2.13. The number of ketones is 1. The van der Waals surface area contributed by atoms with Crippen LogP contribution in [0.5, 0.6) is 0 Å². The summed E-state index contributed by atoms with van der Waals surface area (Å²) in [6, 6.07) is 0. The van der Waals surface area contributed by atoms with Crippen LogP contribution in [-0.2, 0) is 4.79 Å². The van der Waals surface area contributed by atoms with E-state index >= 15 is 0 Å². The lowest BCUT2D eigenvalue weighted by atomic mass is 9.94. The average Bonchev–Trinajstić information content (AvgIpc) is 2.01. The van der Waals surface area contributed by atoms with Gasteiger partial charge in [0.25, 0.3) is 0 Å². The van der Waals surface area contributed by atoms with E-state index in [1.807, 2.05) is 6.92 Å². The third-order valence-corrected chi connectivity index (χ3v) is 1.81. The first-order valence-electron chi connectivity index (χ1n) is 3.94. The second-order valence-electron chi connectivity index (χ2n) is 2.80. The van der Waals surface area contributed by atoms with E-state index < -0.39 is 17.6 Å². The molecule has 1 aliphatic carbocycles. The fourth-order valence-electron chi connectivity index (χ4n) is 1.18. The van der Waals surface area contributed by atoms with E-state index in [9.17, 15) is 13.6 Å². The molecule has 1 nitrogen and oxygen atoms in total. The van der Waals surface area contributed by atoms with Crippen molar-refractivity contribution in [2.75, 3.05) is 0 Å². The van der Waals surface area contributed by atoms with Crippen molar-refractivity contribution >= 4 is 5.78 Å². The zero-order valence-corrected chi connectivity index (χ0v) is 6.81. The molecule has 0 aromatic heterocycles. The lowest BCUT2D eigenvalue weighted by molar-refractivity contribution is -0.117. The predicted octanol–water partition coefficient (Wildman–Crippen LogP) is 2.69. The van der Waals surface area contributed by atoms with Crippen LogP contribution < -0.4 is 0 Å². The summed E-state index contributed by atoms with van der Waals surface area (Å²) in [6.45, 7) is 1.90. The van der Waals surface area contributed by atoms with E-state index in [1.165, 1.54) is 0 Å². The van der Waals surface area contributed by atoms with Crippen molar-refractivity contribution in [1.29, 1.82) is 0 Å². The minimum atomic E-state index is -1.05. The van der Waals surface area contributed by atoms with Gasteiger partial charge in [-0.25, -0.2) is 8.78 Å². The van der Waals surface area contributed by atoms with Gasteiger partial charge in [-0.1, -0.05) is 13.3 Å². The topological polar surface area (TPSA) is 17.1 Å². The summed E-state index contributed by atoms with van der Waals surface area (Å²) in [7, 11) is 0. The Morgan fingerprint density at radius 1 is 1.42 bits per heavy atom. The van der Waals surface area contributed by atoms with E-state index in [0.717, 1.165) is 18.6 Å². The standard InChI is InChI=1S/C9H10F2O/c1-2-3-6-4-7(10)8(11)5-9(6)12/h4-6H,2-3H2,1H3. The van der Waals surface area contributed by atoms with Gasteiger partial charge in [0.1, 0.15) is 0 Å². The van der Waals surface area contributed by atoms with Crippen LogP contribution in [0.3, 0.4) is 0 Å². The average molecular weight is 172 g/mol. The molecular weight excluding hydrogens is 162 g/mol. The maximum absolute atomic E-state index is 12.6. The van der Waals surface area contributed by atoms with E-state index in [-0.39, 0.29) is 5.78 Å². The summed E-state index contributed by atoms with van der Waals surface area (Å²) >= 11 is 0. The number of carbonyl (C=O) groups is 1.